The Hall–Kier alpha value is -2.49. The summed E-state index contributed by atoms with van der Waals surface area (Å²) in [5.41, 5.74) is 3.00. The van der Waals surface area contributed by atoms with E-state index in [4.69, 9.17) is 14.5 Å². The molecule has 9 heteroatoms. The summed E-state index contributed by atoms with van der Waals surface area (Å²) >= 11 is 4.95. The van der Waals surface area contributed by atoms with Gasteiger partial charge >= 0.3 is 5.97 Å². The van der Waals surface area contributed by atoms with Gasteiger partial charge in [0.2, 0.25) is 5.91 Å². The van der Waals surface area contributed by atoms with E-state index in [1.165, 1.54) is 7.11 Å². The van der Waals surface area contributed by atoms with Crippen LogP contribution in [0.3, 0.4) is 0 Å². The molecule has 0 fully saturated rings. The molecule has 35 heavy (non-hydrogen) atoms. The van der Waals surface area contributed by atoms with Crippen LogP contribution in [-0.4, -0.2) is 54.5 Å². The van der Waals surface area contributed by atoms with Gasteiger partial charge in [-0.2, -0.15) is 0 Å². The number of nitrogens with zero attached hydrogens (tertiary/aromatic N) is 2. The molecule has 0 bridgehead atoms. The quantitative estimate of drug-likeness (QED) is 0.201. The zero-order valence-corrected chi connectivity index (χ0v) is 22.6. The predicted molar refractivity (Wildman–Crippen MR) is 146 cm³/mol. The standard InChI is InChI=1S/C26H30N2O4S3/c1-28(2)23(29)13-15-33-26(34-16-14-24(30)31-3)21-11-7-8-12-22(21)32-17-20-18-35-25(27-20)19-9-5-4-6-10-19/h4-12,18,26H,13-17H2,1-3H3. The smallest absolute Gasteiger partial charge is 0.306 e. The van der Waals surface area contributed by atoms with Crippen LogP contribution in [0.1, 0.15) is 28.7 Å². The number of thioether (sulfide) groups is 2. The van der Waals surface area contributed by atoms with Gasteiger partial charge in [-0.05, 0) is 6.07 Å². The van der Waals surface area contributed by atoms with Crippen LogP contribution < -0.4 is 4.74 Å². The summed E-state index contributed by atoms with van der Waals surface area (Å²) in [7, 11) is 4.93. The minimum Gasteiger partial charge on any atom is -0.487 e. The predicted octanol–water partition coefficient (Wildman–Crippen LogP) is 5.90. The minimum atomic E-state index is -0.230. The van der Waals surface area contributed by atoms with Crippen LogP contribution in [0.25, 0.3) is 10.6 Å². The second-order valence-electron chi connectivity index (χ2n) is 7.77. The van der Waals surface area contributed by atoms with E-state index < -0.39 is 0 Å². The lowest BCUT2D eigenvalue weighted by Crippen LogP contribution is -2.21. The molecule has 1 amide bonds. The van der Waals surface area contributed by atoms with Gasteiger partial charge in [-0.15, -0.1) is 34.9 Å². The molecule has 1 atom stereocenters. The van der Waals surface area contributed by atoms with Crippen molar-refractivity contribution in [2.75, 3.05) is 32.7 Å². The van der Waals surface area contributed by atoms with Gasteiger partial charge in [-0.1, -0.05) is 48.5 Å². The summed E-state index contributed by atoms with van der Waals surface area (Å²) < 4.78 is 11.0. The van der Waals surface area contributed by atoms with Crippen molar-refractivity contribution in [2.24, 2.45) is 0 Å². The number of amides is 1. The average Bonchev–Trinajstić information content (AvgIpc) is 3.36. The molecule has 0 saturated heterocycles. The molecule has 3 aromatic rings. The second-order valence-corrected chi connectivity index (χ2v) is 11.4. The van der Waals surface area contributed by atoms with Crippen LogP contribution in [0.15, 0.2) is 60.0 Å². The van der Waals surface area contributed by atoms with Gasteiger partial charge in [0.25, 0.3) is 0 Å². The Morgan fingerprint density at radius 1 is 1.00 bits per heavy atom. The van der Waals surface area contributed by atoms with E-state index in [1.54, 1.807) is 53.9 Å². The number of hydrogen-bond donors (Lipinski definition) is 0. The van der Waals surface area contributed by atoms with Crippen molar-refractivity contribution in [3.63, 3.8) is 0 Å². The number of esters is 1. The molecule has 0 aliphatic rings. The van der Waals surface area contributed by atoms with Gasteiger partial charge in [0.1, 0.15) is 17.4 Å². The largest absolute Gasteiger partial charge is 0.487 e. The topological polar surface area (TPSA) is 68.7 Å². The highest BCUT2D eigenvalue weighted by molar-refractivity contribution is 8.16. The van der Waals surface area contributed by atoms with Crippen LogP contribution in [0.4, 0.5) is 0 Å². The Labute approximate surface area is 219 Å². The molecular formula is C26H30N2O4S3. The molecule has 1 aromatic heterocycles. The van der Waals surface area contributed by atoms with E-state index in [0.717, 1.165) is 27.6 Å². The van der Waals surface area contributed by atoms with Gasteiger partial charge in [-0.25, -0.2) is 4.98 Å². The van der Waals surface area contributed by atoms with Crippen molar-refractivity contribution < 1.29 is 19.1 Å². The number of para-hydroxylation sites is 1. The van der Waals surface area contributed by atoms with Crippen LogP contribution in [-0.2, 0) is 20.9 Å². The Balaban J connectivity index is 1.69. The molecule has 1 heterocycles. The van der Waals surface area contributed by atoms with Crippen molar-refractivity contribution in [1.29, 1.82) is 0 Å². The van der Waals surface area contributed by atoms with E-state index in [0.29, 0.717) is 31.0 Å². The molecule has 0 N–H and O–H groups in total. The summed E-state index contributed by atoms with van der Waals surface area (Å²) in [6.07, 6.45) is 0.787. The van der Waals surface area contributed by atoms with Crippen LogP contribution in [0.5, 0.6) is 5.75 Å². The molecule has 6 nitrogen and oxygen atoms in total. The van der Waals surface area contributed by atoms with Gasteiger partial charge < -0.3 is 14.4 Å². The minimum absolute atomic E-state index is 0.0149. The molecule has 0 aliphatic heterocycles. The van der Waals surface area contributed by atoms with Crippen LogP contribution in [0, 0.1) is 0 Å². The molecule has 0 spiro atoms. The van der Waals surface area contributed by atoms with Crippen molar-refractivity contribution in [3.05, 3.63) is 71.2 Å². The van der Waals surface area contributed by atoms with E-state index in [2.05, 4.69) is 0 Å². The second kappa shape index (κ2) is 14.2. The normalized spacial score (nSPS) is 11.6. The van der Waals surface area contributed by atoms with E-state index in [9.17, 15) is 9.59 Å². The fourth-order valence-corrected chi connectivity index (χ4v) is 6.63. The number of methoxy groups -OCH3 is 1. The number of benzene rings is 2. The highest BCUT2D eigenvalue weighted by atomic mass is 32.2. The Morgan fingerprint density at radius 3 is 2.40 bits per heavy atom. The first-order valence-corrected chi connectivity index (χ1v) is 14.2. The van der Waals surface area contributed by atoms with Crippen molar-refractivity contribution in [1.82, 2.24) is 9.88 Å². The summed E-state index contributed by atoms with van der Waals surface area (Å²) in [5, 5.41) is 2.99. The molecule has 2 aromatic carbocycles. The molecule has 0 saturated carbocycles. The zero-order chi connectivity index (χ0) is 25.0. The maximum absolute atomic E-state index is 12.0. The lowest BCUT2D eigenvalue weighted by Gasteiger charge is -2.20. The molecule has 186 valence electrons. The number of thiazole rings is 1. The average molecular weight is 531 g/mol. The summed E-state index contributed by atoms with van der Waals surface area (Å²) in [5.74, 6) is 1.94. The number of ether oxygens (including phenoxy) is 2. The molecule has 0 radical (unpaired) electrons. The summed E-state index contributed by atoms with van der Waals surface area (Å²) in [6.45, 7) is 0.365. The van der Waals surface area contributed by atoms with E-state index in [1.807, 2.05) is 60.0 Å². The zero-order valence-electron chi connectivity index (χ0n) is 20.1. The molecule has 3 rings (SSSR count). The Kier molecular flexibility index (Phi) is 11.0. The number of aromatic nitrogens is 1. The first-order chi connectivity index (χ1) is 17.0. The summed E-state index contributed by atoms with van der Waals surface area (Å²) in [4.78, 5) is 30.0. The number of carbonyl (C=O) groups excluding carboxylic acids is 2. The maximum atomic E-state index is 12.0. The van der Waals surface area contributed by atoms with E-state index >= 15 is 0 Å². The maximum Gasteiger partial charge on any atom is 0.306 e. The van der Waals surface area contributed by atoms with Gasteiger partial charge in [0.15, 0.2) is 0 Å². The number of rotatable bonds is 13. The first-order valence-electron chi connectivity index (χ1n) is 11.2. The fourth-order valence-electron chi connectivity index (χ4n) is 3.10. The van der Waals surface area contributed by atoms with Crippen molar-refractivity contribution in [3.8, 4) is 16.3 Å². The summed E-state index contributed by atoms with van der Waals surface area (Å²) in [6, 6.07) is 18.0. The Morgan fingerprint density at radius 2 is 1.69 bits per heavy atom. The van der Waals surface area contributed by atoms with Crippen molar-refractivity contribution in [2.45, 2.75) is 24.0 Å². The Bertz CT molecular complexity index is 1090. The number of hydrogen-bond acceptors (Lipinski definition) is 8. The van der Waals surface area contributed by atoms with Crippen molar-refractivity contribution >= 4 is 46.7 Å². The molecular weight excluding hydrogens is 500 g/mol. The lowest BCUT2D eigenvalue weighted by atomic mass is 10.2. The van der Waals surface area contributed by atoms with Crippen LogP contribution in [0.2, 0.25) is 0 Å². The van der Waals surface area contributed by atoms with Gasteiger partial charge in [0.05, 0.1) is 23.8 Å². The molecule has 1 unspecified atom stereocenters. The highest BCUT2D eigenvalue weighted by Gasteiger charge is 2.19. The number of carbonyl (C=O) groups is 2. The monoisotopic (exact) mass is 530 g/mol. The van der Waals surface area contributed by atoms with Gasteiger partial charge in [-0.3, -0.25) is 9.59 Å². The first kappa shape index (κ1) is 27.1. The third-order valence-electron chi connectivity index (χ3n) is 5.01. The highest BCUT2D eigenvalue weighted by Crippen LogP contribution is 2.44. The van der Waals surface area contributed by atoms with Crippen LogP contribution >= 0.6 is 34.9 Å². The van der Waals surface area contributed by atoms with Gasteiger partial charge in [0, 0.05) is 48.5 Å². The molecule has 0 aliphatic carbocycles. The SMILES string of the molecule is COC(=O)CCSC(SCCC(=O)N(C)C)c1ccccc1OCc1csc(-c2ccccc2)n1. The third kappa shape index (κ3) is 8.59. The third-order valence-corrected chi connectivity index (χ3v) is 8.76. The lowest BCUT2D eigenvalue weighted by molar-refractivity contribution is -0.140. The van der Waals surface area contributed by atoms with E-state index in [-0.39, 0.29) is 16.5 Å². The fraction of sp³-hybridized carbons (Fsp3) is 0.346.